The van der Waals surface area contributed by atoms with Crippen LogP contribution in [0.1, 0.15) is 50.2 Å². The highest BCUT2D eigenvalue weighted by Crippen LogP contribution is 2.28. The Labute approximate surface area is 212 Å². The molecule has 38 heavy (non-hydrogen) atoms. The first-order valence-corrected chi connectivity index (χ1v) is 11.1. The Morgan fingerprint density at radius 2 is 1.82 bits per heavy atom. The second-order valence-corrected chi connectivity index (χ2v) is 8.39. The molecule has 0 aromatic heterocycles. The van der Waals surface area contributed by atoms with Gasteiger partial charge < -0.3 is 21.1 Å². The summed E-state index contributed by atoms with van der Waals surface area (Å²) >= 11 is 0. The van der Waals surface area contributed by atoms with E-state index in [4.69, 9.17) is 15.6 Å². The molecule has 1 atom stereocenters. The normalized spacial score (nSPS) is 16.8. The van der Waals surface area contributed by atoms with Crippen molar-refractivity contribution in [2.45, 2.75) is 44.7 Å². The van der Waals surface area contributed by atoms with Crippen molar-refractivity contribution in [3.63, 3.8) is 0 Å². The third kappa shape index (κ3) is 6.51. The zero-order valence-electron chi connectivity index (χ0n) is 19.6. The van der Waals surface area contributed by atoms with Crippen LogP contribution < -0.4 is 16.4 Å². The fraction of sp³-hybridized carbons (Fsp3) is 0.292. The molecule has 0 radical (unpaired) electrons. The highest BCUT2D eigenvalue weighted by Gasteiger charge is 2.39. The maximum atomic E-state index is 14.1. The number of carboxylic acids is 1. The molecule has 1 fully saturated rings. The standard InChI is InChI=1S/C22H21FN4O4.C2HF3O2/c23-17-7-12(9-24)1-2-14(17)10-25-20(29)13-3-4-16-15(8-13)11-27(22(16)31)18-5-6-19(28)26-21(18)30;3-2(4,5)1(6)7/h1-4,7-8,18H,5-6,9-11,24H2,(H,25,29)(H,26,28,30);(H,6,7). The fourth-order valence-electron chi connectivity index (χ4n) is 3.85. The van der Waals surface area contributed by atoms with Gasteiger partial charge >= 0.3 is 12.1 Å². The van der Waals surface area contributed by atoms with Crippen LogP contribution in [-0.4, -0.2) is 51.8 Å². The van der Waals surface area contributed by atoms with E-state index in [1.807, 2.05) is 0 Å². The van der Waals surface area contributed by atoms with Crippen LogP contribution in [0.4, 0.5) is 17.6 Å². The molecule has 5 N–H and O–H groups in total. The van der Waals surface area contributed by atoms with Gasteiger partial charge in [-0.2, -0.15) is 13.2 Å². The molecule has 2 aliphatic heterocycles. The zero-order chi connectivity index (χ0) is 28.2. The number of rotatable bonds is 5. The molecule has 0 saturated carbocycles. The summed E-state index contributed by atoms with van der Waals surface area (Å²) in [5, 5.41) is 12.1. The van der Waals surface area contributed by atoms with Gasteiger partial charge in [-0.15, -0.1) is 0 Å². The van der Waals surface area contributed by atoms with Crippen LogP contribution in [0.15, 0.2) is 36.4 Å². The number of nitrogens with one attached hydrogen (secondary N) is 2. The van der Waals surface area contributed by atoms with Gasteiger partial charge in [-0.25, -0.2) is 9.18 Å². The third-order valence-electron chi connectivity index (χ3n) is 5.82. The van der Waals surface area contributed by atoms with E-state index in [9.17, 15) is 36.7 Å². The maximum absolute atomic E-state index is 14.1. The maximum Gasteiger partial charge on any atom is 0.490 e. The van der Waals surface area contributed by atoms with Gasteiger partial charge in [0.15, 0.2) is 0 Å². The predicted molar refractivity (Wildman–Crippen MR) is 122 cm³/mol. The quantitative estimate of drug-likeness (QED) is 0.333. The van der Waals surface area contributed by atoms with Gasteiger partial charge in [0.05, 0.1) is 0 Å². The summed E-state index contributed by atoms with van der Waals surface area (Å²) in [5.74, 6) is -4.75. The number of imide groups is 1. The average molecular weight is 538 g/mol. The van der Waals surface area contributed by atoms with Crippen molar-refractivity contribution in [2.24, 2.45) is 5.73 Å². The minimum absolute atomic E-state index is 0.00787. The monoisotopic (exact) mass is 538 g/mol. The van der Waals surface area contributed by atoms with Crippen molar-refractivity contribution in [1.29, 1.82) is 0 Å². The first-order chi connectivity index (χ1) is 17.8. The van der Waals surface area contributed by atoms with Gasteiger partial charge in [0.1, 0.15) is 11.9 Å². The molecule has 1 unspecified atom stereocenters. The van der Waals surface area contributed by atoms with Crippen molar-refractivity contribution in [3.05, 3.63) is 70.0 Å². The molecule has 2 aliphatic rings. The molecule has 202 valence electrons. The van der Waals surface area contributed by atoms with Gasteiger partial charge in [0.25, 0.3) is 11.8 Å². The highest BCUT2D eigenvalue weighted by molar-refractivity contribution is 6.06. The molecule has 4 rings (SSSR count). The van der Waals surface area contributed by atoms with E-state index in [2.05, 4.69) is 10.6 Å². The number of hydrogen-bond acceptors (Lipinski definition) is 6. The number of carbonyl (C=O) groups is 5. The molecule has 2 aromatic rings. The lowest BCUT2D eigenvalue weighted by Gasteiger charge is -2.29. The summed E-state index contributed by atoms with van der Waals surface area (Å²) in [6, 6.07) is 8.58. The number of carbonyl (C=O) groups excluding carboxylic acids is 4. The lowest BCUT2D eigenvalue weighted by atomic mass is 10.0. The SMILES string of the molecule is NCc1ccc(CNC(=O)c2ccc3c(c2)CN(C2CCC(=O)NC2=O)C3=O)c(F)c1.O=C(O)C(F)(F)F. The van der Waals surface area contributed by atoms with Gasteiger partial charge in [-0.3, -0.25) is 24.5 Å². The van der Waals surface area contributed by atoms with Crippen LogP contribution >= 0.6 is 0 Å². The van der Waals surface area contributed by atoms with E-state index in [0.717, 1.165) is 0 Å². The number of piperidine rings is 1. The Kier molecular flexibility index (Phi) is 8.46. The number of halogens is 4. The van der Waals surface area contributed by atoms with Crippen molar-refractivity contribution < 1.29 is 46.6 Å². The lowest BCUT2D eigenvalue weighted by Crippen LogP contribution is -2.52. The Balaban J connectivity index is 0.000000505. The smallest absolute Gasteiger partial charge is 0.475 e. The van der Waals surface area contributed by atoms with Crippen LogP contribution in [0.2, 0.25) is 0 Å². The molecule has 0 bridgehead atoms. The van der Waals surface area contributed by atoms with E-state index >= 15 is 0 Å². The number of benzene rings is 2. The van der Waals surface area contributed by atoms with Crippen molar-refractivity contribution in [1.82, 2.24) is 15.5 Å². The summed E-state index contributed by atoms with van der Waals surface area (Å²) in [6.07, 6.45) is -4.64. The van der Waals surface area contributed by atoms with Crippen LogP contribution in [0.3, 0.4) is 0 Å². The Bertz CT molecular complexity index is 1300. The summed E-state index contributed by atoms with van der Waals surface area (Å²) in [5.41, 5.74) is 7.87. The largest absolute Gasteiger partial charge is 0.490 e. The number of nitrogens with two attached hydrogens (primary N) is 1. The average Bonchev–Trinajstić information content (AvgIpc) is 3.18. The summed E-state index contributed by atoms with van der Waals surface area (Å²) < 4.78 is 45.8. The Morgan fingerprint density at radius 1 is 1.13 bits per heavy atom. The molecule has 0 aliphatic carbocycles. The van der Waals surface area contributed by atoms with Crippen LogP contribution in [0.25, 0.3) is 0 Å². The molecule has 10 nitrogen and oxygen atoms in total. The topological polar surface area (TPSA) is 159 Å². The van der Waals surface area contributed by atoms with Gasteiger partial charge in [0, 0.05) is 42.7 Å². The van der Waals surface area contributed by atoms with E-state index in [-0.39, 0.29) is 44.3 Å². The summed E-state index contributed by atoms with van der Waals surface area (Å²) in [6.45, 7) is 0.415. The predicted octanol–water partition coefficient (Wildman–Crippen LogP) is 1.61. The van der Waals surface area contributed by atoms with Gasteiger partial charge in [-0.1, -0.05) is 12.1 Å². The first kappa shape index (κ1) is 28.2. The van der Waals surface area contributed by atoms with Gasteiger partial charge in [-0.05, 0) is 41.8 Å². The molecule has 14 heteroatoms. The molecular weight excluding hydrogens is 516 g/mol. The molecule has 0 spiro atoms. The molecule has 1 saturated heterocycles. The number of alkyl halides is 3. The second-order valence-electron chi connectivity index (χ2n) is 8.39. The number of hydrogen-bond donors (Lipinski definition) is 4. The molecule has 2 heterocycles. The lowest BCUT2D eigenvalue weighted by molar-refractivity contribution is -0.192. The molecular formula is C24H22F4N4O6. The van der Waals surface area contributed by atoms with Crippen molar-refractivity contribution >= 4 is 29.6 Å². The second kappa shape index (κ2) is 11.4. The fourth-order valence-corrected chi connectivity index (χ4v) is 3.85. The Hall–Kier alpha value is -4.33. The zero-order valence-corrected chi connectivity index (χ0v) is 19.6. The number of carboxylic acid groups (broad SMARTS) is 1. The van der Waals surface area contributed by atoms with Crippen LogP contribution in [0.5, 0.6) is 0 Å². The number of nitrogens with zero attached hydrogens (tertiary/aromatic N) is 1. The van der Waals surface area contributed by atoms with E-state index in [0.29, 0.717) is 27.8 Å². The van der Waals surface area contributed by atoms with E-state index in [1.54, 1.807) is 24.3 Å². The van der Waals surface area contributed by atoms with Crippen molar-refractivity contribution in [2.75, 3.05) is 0 Å². The summed E-state index contributed by atoms with van der Waals surface area (Å²) in [4.78, 5) is 59.1. The van der Waals surface area contributed by atoms with Crippen LogP contribution in [-0.2, 0) is 34.0 Å². The number of amides is 4. The highest BCUT2D eigenvalue weighted by atomic mass is 19.4. The number of fused-ring (bicyclic) bond motifs is 1. The van der Waals surface area contributed by atoms with Gasteiger partial charge in [0.2, 0.25) is 11.8 Å². The van der Waals surface area contributed by atoms with E-state index in [1.165, 1.54) is 17.0 Å². The minimum atomic E-state index is -5.08. The minimum Gasteiger partial charge on any atom is -0.475 e. The van der Waals surface area contributed by atoms with Crippen LogP contribution in [0, 0.1) is 5.82 Å². The Morgan fingerprint density at radius 3 is 2.39 bits per heavy atom. The molecule has 4 amide bonds. The van der Waals surface area contributed by atoms with E-state index < -0.39 is 35.8 Å². The first-order valence-electron chi connectivity index (χ1n) is 11.1. The summed E-state index contributed by atoms with van der Waals surface area (Å²) in [7, 11) is 0. The molecule has 2 aromatic carbocycles. The van der Waals surface area contributed by atoms with Crippen molar-refractivity contribution in [3.8, 4) is 0 Å². The number of aliphatic carboxylic acids is 1. The third-order valence-corrected chi connectivity index (χ3v) is 5.82.